The van der Waals surface area contributed by atoms with Crippen molar-refractivity contribution >= 4 is 11.6 Å². The predicted octanol–water partition coefficient (Wildman–Crippen LogP) is 0.437. The summed E-state index contributed by atoms with van der Waals surface area (Å²) in [5.74, 6) is -0.239. The van der Waals surface area contributed by atoms with Gasteiger partial charge in [-0.05, 0) is 25.5 Å². The minimum absolute atomic E-state index is 0.0730. The lowest BCUT2D eigenvalue weighted by molar-refractivity contribution is 0.0653. The van der Waals surface area contributed by atoms with E-state index in [4.69, 9.17) is 0 Å². The zero-order valence-electron chi connectivity index (χ0n) is 12.2. The minimum Gasteiger partial charge on any atom is -0.333 e. The van der Waals surface area contributed by atoms with Crippen molar-refractivity contribution in [2.75, 3.05) is 19.6 Å². The maximum atomic E-state index is 12.6. The van der Waals surface area contributed by atoms with E-state index in [0.717, 1.165) is 18.7 Å². The molecule has 1 aliphatic heterocycles. The minimum atomic E-state index is -0.306. The molecule has 6 nitrogen and oxygen atoms in total. The smallest absolute Gasteiger partial charge is 0.270 e. The number of piperazine rings is 1. The van der Waals surface area contributed by atoms with Crippen LogP contribution in [-0.2, 0) is 0 Å². The Labute approximate surface area is 122 Å². The average molecular weight is 286 g/mol. The highest BCUT2D eigenvalue weighted by Gasteiger charge is 2.26. The van der Waals surface area contributed by atoms with Crippen molar-refractivity contribution < 1.29 is 4.79 Å². The monoisotopic (exact) mass is 286 g/mol. The molecule has 1 N–H and O–H groups in total. The van der Waals surface area contributed by atoms with Crippen LogP contribution in [0.15, 0.2) is 29.3 Å². The number of amides is 1. The summed E-state index contributed by atoms with van der Waals surface area (Å²) in [4.78, 5) is 31.1. The molecule has 2 aromatic rings. The van der Waals surface area contributed by atoms with E-state index in [-0.39, 0.29) is 23.1 Å². The van der Waals surface area contributed by atoms with E-state index in [2.05, 4.69) is 10.3 Å². The van der Waals surface area contributed by atoms with E-state index < -0.39 is 0 Å². The lowest BCUT2D eigenvalue weighted by Crippen LogP contribution is -2.53. The number of nitrogens with one attached hydrogen (secondary N) is 1. The van der Waals surface area contributed by atoms with Gasteiger partial charge in [0.2, 0.25) is 0 Å². The van der Waals surface area contributed by atoms with Gasteiger partial charge in [-0.15, -0.1) is 0 Å². The van der Waals surface area contributed by atoms with Crippen molar-refractivity contribution in [3.8, 4) is 0 Å². The number of rotatable bonds is 1. The van der Waals surface area contributed by atoms with E-state index in [0.29, 0.717) is 12.2 Å². The largest absolute Gasteiger partial charge is 0.333 e. The van der Waals surface area contributed by atoms with Gasteiger partial charge in [-0.2, -0.15) is 0 Å². The Kier molecular flexibility index (Phi) is 3.47. The van der Waals surface area contributed by atoms with E-state index in [1.807, 2.05) is 19.9 Å². The van der Waals surface area contributed by atoms with Crippen molar-refractivity contribution in [1.82, 2.24) is 19.6 Å². The summed E-state index contributed by atoms with van der Waals surface area (Å²) in [6, 6.07) is 3.74. The summed E-state index contributed by atoms with van der Waals surface area (Å²) in [5.41, 5.74) is 1.33. The number of carbonyl (C=O) groups excluding carboxylic acids is 1. The average Bonchev–Trinajstić information content (AvgIpc) is 2.48. The molecule has 0 radical (unpaired) electrons. The van der Waals surface area contributed by atoms with Crippen LogP contribution >= 0.6 is 0 Å². The molecule has 0 spiro atoms. The summed E-state index contributed by atoms with van der Waals surface area (Å²) < 4.78 is 1.44. The molecule has 110 valence electrons. The maximum absolute atomic E-state index is 12.6. The second-order valence-corrected chi connectivity index (χ2v) is 5.46. The fourth-order valence-electron chi connectivity index (χ4n) is 2.63. The summed E-state index contributed by atoms with van der Waals surface area (Å²) in [6.45, 7) is 5.97. The van der Waals surface area contributed by atoms with Crippen molar-refractivity contribution in [3.05, 3.63) is 46.0 Å². The molecule has 1 unspecified atom stereocenters. The molecule has 0 saturated carbocycles. The van der Waals surface area contributed by atoms with E-state index in [9.17, 15) is 9.59 Å². The van der Waals surface area contributed by atoms with Gasteiger partial charge in [-0.1, -0.05) is 6.07 Å². The highest BCUT2D eigenvalue weighted by molar-refractivity contribution is 5.94. The standard InChI is InChI=1S/C15H18N4O2/c1-10-3-4-13-17-8-12(15(21)19(13)9-10)14(20)18-6-5-16-7-11(18)2/h3-4,8-9,11,16H,5-7H2,1-2H3. The molecular formula is C15H18N4O2. The highest BCUT2D eigenvalue weighted by atomic mass is 16.2. The third-order valence-electron chi connectivity index (χ3n) is 3.84. The molecule has 21 heavy (non-hydrogen) atoms. The SMILES string of the molecule is Cc1ccc2ncc(C(=O)N3CCNCC3C)c(=O)n2c1. The summed E-state index contributed by atoms with van der Waals surface area (Å²) in [5, 5.41) is 3.23. The normalized spacial score (nSPS) is 19.0. The van der Waals surface area contributed by atoms with Crippen LogP contribution in [0.3, 0.4) is 0 Å². The van der Waals surface area contributed by atoms with Gasteiger partial charge in [-0.25, -0.2) is 4.98 Å². The highest BCUT2D eigenvalue weighted by Crippen LogP contribution is 2.08. The van der Waals surface area contributed by atoms with Crippen LogP contribution in [0.5, 0.6) is 0 Å². The second-order valence-electron chi connectivity index (χ2n) is 5.46. The van der Waals surface area contributed by atoms with Gasteiger partial charge >= 0.3 is 0 Å². The van der Waals surface area contributed by atoms with Crippen LogP contribution in [0.2, 0.25) is 0 Å². The van der Waals surface area contributed by atoms with Gasteiger partial charge in [-0.3, -0.25) is 14.0 Å². The number of aromatic nitrogens is 2. The molecule has 1 fully saturated rings. The Bertz CT molecular complexity index is 753. The molecule has 0 aromatic carbocycles. The van der Waals surface area contributed by atoms with Gasteiger partial charge in [0.15, 0.2) is 0 Å². The number of hydrogen-bond acceptors (Lipinski definition) is 4. The molecule has 1 saturated heterocycles. The van der Waals surface area contributed by atoms with Crippen LogP contribution in [0, 0.1) is 6.92 Å². The molecular weight excluding hydrogens is 268 g/mol. The lowest BCUT2D eigenvalue weighted by atomic mass is 10.1. The van der Waals surface area contributed by atoms with Gasteiger partial charge in [0.05, 0.1) is 0 Å². The first-order valence-electron chi connectivity index (χ1n) is 7.07. The summed E-state index contributed by atoms with van der Waals surface area (Å²) in [6.07, 6.45) is 3.10. The molecule has 2 aromatic heterocycles. The van der Waals surface area contributed by atoms with Crippen LogP contribution in [0.4, 0.5) is 0 Å². The van der Waals surface area contributed by atoms with Crippen molar-refractivity contribution in [1.29, 1.82) is 0 Å². The summed E-state index contributed by atoms with van der Waals surface area (Å²) in [7, 11) is 0. The van der Waals surface area contributed by atoms with Crippen LogP contribution in [0.1, 0.15) is 22.8 Å². The second kappa shape index (κ2) is 5.29. The Hall–Kier alpha value is -2.21. The summed E-state index contributed by atoms with van der Waals surface area (Å²) >= 11 is 0. The Morgan fingerprint density at radius 2 is 2.24 bits per heavy atom. The maximum Gasteiger partial charge on any atom is 0.270 e. The predicted molar refractivity (Wildman–Crippen MR) is 79.6 cm³/mol. The Morgan fingerprint density at radius 1 is 1.43 bits per heavy atom. The number of aryl methyl sites for hydroxylation is 1. The number of carbonyl (C=O) groups is 1. The topological polar surface area (TPSA) is 66.7 Å². The zero-order valence-corrected chi connectivity index (χ0v) is 12.2. The van der Waals surface area contributed by atoms with Crippen molar-refractivity contribution in [2.24, 2.45) is 0 Å². The van der Waals surface area contributed by atoms with Gasteiger partial charge in [0, 0.05) is 38.1 Å². The van der Waals surface area contributed by atoms with Crippen LogP contribution in [-0.4, -0.2) is 45.9 Å². The first kappa shape index (κ1) is 13.8. The molecule has 3 rings (SSSR count). The fourth-order valence-corrected chi connectivity index (χ4v) is 2.63. The third kappa shape index (κ3) is 2.42. The first-order valence-corrected chi connectivity index (χ1v) is 7.07. The number of nitrogens with zero attached hydrogens (tertiary/aromatic N) is 3. The quantitative estimate of drug-likeness (QED) is 0.826. The van der Waals surface area contributed by atoms with Crippen molar-refractivity contribution in [3.63, 3.8) is 0 Å². The number of hydrogen-bond donors (Lipinski definition) is 1. The van der Waals surface area contributed by atoms with Gasteiger partial charge in [0.1, 0.15) is 11.2 Å². The molecule has 6 heteroatoms. The molecule has 0 aliphatic carbocycles. The molecule has 3 heterocycles. The zero-order chi connectivity index (χ0) is 15.0. The number of fused-ring (bicyclic) bond motifs is 1. The van der Waals surface area contributed by atoms with E-state index in [1.54, 1.807) is 17.2 Å². The third-order valence-corrected chi connectivity index (χ3v) is 3.84. The fraction of sp³-hybridized carbons (Fsp3) is 0.400. The Balaban J connectivity index is 2.06. The van der Waals surface area contributed by atoms with Crippen LogP contribution in [0.25, 0.3) is 5.65 Å². The first-order chi connectivity index (χ1) is 10.1. The van der Waals surface area contributed by atoms with E-state index >= 15 is 0 Å². The van der Waals surface area contributed by atoms with Crippen molar-refractivity contribution in [2.45, 2.75) is 19.9 Å². The Morgan fingerprint density at radius 3 is 3.00 bits per heavy atom. The van der Waals surface area contributed by atoms with Gasteiger partial charge in [0.25, 0.3) is 11.5 Å². The van der Waals surface area contributed by atoms with Crippen LogP contribution < -0.4 is 10.9 Å². The van der Waals surface area contributed by atoms with Gasteiger partial charge < -0.3 is 10.2 Å². The molecule has 0 bridgehead atoms. The molecule has 1 amide bonds. The molecule has 1 aliphatic rings. The molecule has 1 atom stereocenters. The lowest BCUT2D eigenvalue weighted by Gasteiger charge is -2.33. The number of pyridine rings is 1. The van der Waals surface area contributed by atoms with E-state index in [1.165, 1.54) is 10.6 Å².